The van der Waals surface area contributed by atoms with E-state index in [1.54, 1.807) is 30.6 Å². The Balaban J connectivity index is 1.90. The molecule has 0 saturated heterocycles. The summed E-state index contributed by atoms with van der Waals surface area (Å²) < 4.78 is 5.00. The molecule has 3 N–H and O–H groups in total. The normalized spacial score (nSPS) is 10.6. The second-order valence-electron chi connectivity index (χ2n) is 6.37. The molecule has 0 spiro atoms. The standard InChI is InChI=1S/C22H17N5O2/c1-29-13-14-8-9-19-17(11-14)22(26-18-7-3-2-6-16(18)20(23)28)27-21(25-19)15-5-4-10-24-12-15/h2-12H,1,13H2,(H2-,23,25,26,27,28)/p+1. The van der Waals surface area contributed by atoms with Gasteiger partial charge in [0.05, 0.1) is 16.8 Å². The van der Waals surface area contributed by atoms with E-state index in [9.17, 15) is 4.79 Å². The molecule has 0 saturated carbocycles. The highest BCUT2D eigenvalue weighted by Gasteiger charge is 2.14. The molecule has 2 heterocycles. The summed E-state index contributed by atoms with van der Waals surface area (Å²) in [6.45, 7) is 3.79. The summed E-state index contributed by atoms with van der Waals surface area (Å²) in [6, 6.07) is 16.5. The highest BCUT2D eigenvalue weighted by molar-refractivity contribution is 6.01. The summed E-state index contributed by atoms with van der Waals surface area (Å²) in [5, 5.41) is 4.03. The molecule has 0 atom stereocenters. The van der Waals surface area contributed by atoms with Gasteiger partial charge in [-0.1, -0.05) is 12.1 Å². The second kappa shape index (κ2) is 7.85. The zero-order valence-electron chi connectivity index (χ0n) is 15.5. The molecule has 0 unspecified atom stereocenters. The SMILES string of the molecule is C=[O+]Cc1ccc2nc(-c3cccnc3)nc(Nc3ccccc3C(N)=O)c2c1. The summed E-state index contributed by atoms with van der Waals surface area (Å²) in [6.07, 6.45) is 3.39. The van der Waals surface area contributed by atoms with Crippen LogP contribution in [0.25, 0.3) is 22.3 Å². The number of benzene rings is 2. The average molecular weight is 384 g/mol. The van der Waals surface area contributed by atoms with Crippen molar-refractivity contribution in [3.63, 3.8) is 0 Å². The Labute approximate surface area is 167 Å². The number of hydrogen-bond donors (Lipinski definition) is 2. The molecule has 7 heteroatoms. The van der Waals surface area contributed by atoms with Gasteiger partial charge in [-0.25, -0.2) is 9.97 Å². The number of nitrogens with one attached hydrogen (secondary N) is 1. The average Bonchev–Trinajstić information content (AvgIpc) is 2.75. The number of amides is 1. The van der Waals surface area contributed by atoms with Crippen molar-refractivity contribution < 1.29 is 9.22 Å². The van der Waals surface area contributed by atoms with Gasteiger partial charge in [0.1, 0.15) is 5.82 Å². The minimum absolute atomic E-state index is 0.359. The van der Waals surface area contributed by atoms with Crippen molar-refractivity contribution in [2.24, 2.45) is 5.73 Å². The van der Waals surface area contributed by atoms with Gasteiger partial charge in [-0.2, -0.15) is 0 Å². The van der Waals surface area contributed by atoms with E-state index in [0.717, 1.165) is 22.0 Å². The molecule has 1 amide bonds. The van der Waals surface area contributed by atoms with Crippen LogP contribution in [0.4, 0.5) is 11.5 Å². The Bertz CT molecular complexity index is 1210. The molecule has 4 aromatic rings. The van der Waals surface area contributed by atoms with E-state index in [1.165, 1.54) is 0 Å². The van der Waals surface area contributed by atoms with Gasteiger partial charge in [0.2, 0.25) is 0 Å². The quantitative estimate of drug-likeness (QED) is 0.496. The molecular formula is C22H18N5O2+. The zero-order chi connectivity index (χ0) is 20.2. The highest BCUT2D eigenvalue weighted by atomic mass is 16.4. The van der Waals surface area contributed by atoms with E-state index >= 15 is 0 Å². The van der Waals surface area contributed by atoms with E-state index < -0.39 is 5.91 Å². The van der Waals surface area contributed by atoms with Crippen LogP contribution in [-0.4, -0.2) is 27.6 Å². The van der Waals surface area contributed by atoms with Crippen LogP contribution in [0.2, 0.25) is 0 Å². The van der Waals surface area contributed by atoms with Crippen LogP contribution in [0.3, 0.4) is 0 Å². The molecule has 0 aliphatic rings. The molecule has 142 valence electrons. The lowest BCUT2D eigenvalue weighted by Crippen LogP contribution is -2.13. The number of aromatic nitrogens is 3. The first-order valence-corrected chi connectivity index (χ1v) is 8.89. The number of carbonyl (C=O) groups excluding carboxylic acids is 2. The number of nitrogens with two attached hydrogens (primary N) is 1. The number of hydrogen-bond acceptors (Lipinski definition) is 5. The van der Waals surface area contributed by atoms with Crippen LogP contribution in [0.15, 0.2) is 67.0 Å². The summed E-state index contributed by atoms with van der Waals surface area (Å²) in [4.78, 5) is 25.3. The maximum atomic E-state index is 11.8. The third-order valence-electron chi connectivity index (χ3n) is 4.39. The van der Waals surface area contributed by atoms with Crippen molar-refractivity contribution in [2.75, 3.05) is 5.32 Å². The molecule has 29 heavy (non-hydrogen) atoms. The van der Waals surface area contributed by atoms with Crippen LogP contribution < -0.4 is 11.1 Å². The smallest absolute Gasteiger partial charge is 0.287 e. The number of carbonyl (C=O) groups is 1. The predicted octanol–water partition coefficient (Wildman–Crippen LogP) is 3.40. The van der Waals surface area contributed by atoms with Crippen molar-refractivity contribution in [3.05, 3.63) is 78.1 Å². The van der Waals surface area contributed by atoms with Gasteiger partial charge in [0, 0.05) is 28.9 Å². The number of anilines is 2. The number of pyridine rings is 1. The summed E-state index contributed by atoms with van der Waals surface area (Å²) in [5.41, 5.74) is 8.91. The van der Waals surface area contributed by atoms with Gasteiger partial charge in [-0.3, -0.25) is 14.2 Å². The topological polar surface area (TPSA) is 105 Å². The maximum Gasteiger partial charge on any atom is 0.287 e. The van der Waals surface area contributed by atoms with Crippen LogP contribution in [0.1, 0.15) is 15.9 Å². The fourth-order valence-electron chi connectivity index (χ4n) is 3.04. The molecule has 4 rings (SSSR count). The van der Waals surface area contributed by atoms with E-state index in [0.29, 0.717) is 29.5 Å². The molecule has 2 aromatic carbocycles. The van der Waals surface area contributed by atoms with Crippen LogP contribution in [-0.2, 0) is 11.0 Å². The van der Waals surface area contributed by atoms with E-state index in [4.69, 9.17) is 15.1 Å². The van der Waals surface area contributed by atoms with E-state index in [-0.39, 0.29) is 0 Å². The lowest BCUT2D eigenvalue weighted by molar-refractivity contribution is -0.465. The Hall–Kier alpha value is -4.13. The molecule has 0 bridgehead atoms. The lowest BCUT2D eigenvalue weighted by Gasteiger charge is -2.13. The molecule has 0 radical (unpaired) electrons. The van der Waals surface area contributed by atoms with Gasteiger partial charge in [-0.15, -0.1) is 0 Å². The lowest BCUT2D eigenvalue weighted by atomic mass is 10.1. The van der Waals surface area contributed by atoms with Gasteiger partial charge < -0.3 is 11.1 Å². The Morgan fingerprint density at radius 1 is 1.10 bits per heavy atom. The van der Waals surface area contributed by atoms with E-state index in [2.05, 4.69) is 22.1 Å². The molecule has 0 aliphatic heterocycles. The van der Waals surface area contributed by atoms with Crippen LogP contribution in [0, 0.1) is 0 Å². The van der Waals surface area contributed by atoms with Gasteiger partial charge in [-0.05, 0) is 42.5 Å². The van der Waals surface area contributed by atoms with Gasteiger partial charge in [0.25, 0.3) is 19.3 Å². The highest BCUT2D eigenvalue weighted by Crippen LogP contribution is 2.29. The third kappa shape index (κ3) is 3.79. The molecule has 0 aliphatic carbocycles. The first-order chi connectivity index (χ1) is 14.2. The van der Waals surface area contributed by atoms with Crippen molar-refractivity contribution >= 4 is 35.1 Å². The molecule has 0 fully saturated rings. The Kier molecular flexibility index (Phi) is 4.94. The fourth-order valence-corrected chi connectivity index (χ4v) is 3.04. The number of nitrogens with zero attached hydrogens (tertiary/aromatic N) is 3. The van der Waals surface area contributed by atoms with E-state index in [1.807, 2.05) is 36.4 Å². The largest absolute Gasteiger partial charge is 0.366 e. The number of rotatable bonds is 6. The third-order valence-corrected chi connectivity index (χ3v) is 4.39. The molecule has 2 aromatic heterocycles. The molecule has 7 nitrogen and oxygen atoms in total. The monoisotopic (exact) mass is 384 g/mol. The van der Waals surface area contributed by atoms with Gasteiger partial charge in [0.15, 0.2) is 5.82 Å². The number of para-hydroxylation sites is 1. The second-order valence-corrected chi connectivity index (χ2v) is 6.37. The Morgan fingerprint density at radius 3 is 2.72 bits per heavy atom. The van der Waals surface area contributed by atoms with Crippen LogP contribution >= 0.6 is 0 Å². The van der Waals surface area contributed by atoms with Crippen molar-refractivity contribution in [2.45, 2.75) is 6.61 Å². The predicted molar refractivity (Wildman–Crippen MR) is 112 cm³/mol. The fraction of sp³-hybridized carbons (Fsp3) is 0.0455. The number of fused-ring (bicyclic) bond motifs is 1. The van der Waals surface area contributed by atoms with Crippen molar-refractivity contribution in [1.82, 2.24) is 15.0 Å². The summed E-state index contributed by atoms with van der Waals surface area (Å²) in [5.74, 6) is 0.546. The maximum absolute atomic E-state index is 11.8. The van der Waals surface area contributed by atoms with Crippen LogP contribution in [0.5, 0.6) is 0 Å². The minimum atomic E-state index is -0.523. The molecular weight excluding hydrogens is 366 g/mol. The summed E-state index contributed by atoms with van der Waals surface area (Å²) in [7, 11) is 0. The first-order valence-electron chi connectivity index (χ1n) is 8.89. The first kappa shape index (κ1) is 18.2. The van der Waals surface area contributed by atoms with Gasteiger partial charge >= 0.3 is 0 Å². The Morgan fingerprint density at radius 2 is 1.97 bits per heavy atom. The zero-order valence-corrected chi connectivity index (χ0v) is 15.5. The number of primary amides is 1. The summed E-state index contributed by atoms with van der Waals surface area (Å²) >= 11 is 0. The van der Waals surface area contributed by atoms with Crippen molar-refractivity contribution in [1.29, 1.82) is 0 Å². The van der Waals surface area contributed by atoms with Crippen molar-refractivity contribution in [3.8, 4) is 11.4 Å². The minimum Gasteiger partial charge on any atom is -0.366 e.